The molecule has 0 spiro atoms. The molecule has 1 unspecified atom stereocenters. The van der Waals surface area contributed by atoms with Crippen LogP contribution in [0.2, 0.25) is 5.02 Å². The Morgan fingerprint density at radius 1 is 1.03 bits per heavy atom. The molecular weight excluding hydrogens is 386 g/mol. The maximum Gasteiger partial charge on any atom is 0.251 e. The summed E-state index contributed by atoms with van der Waals surface area (Å²) in [6, 6.07) is 13.3. The van der Waals surface area contributed by atoms with Gasteiger partial charge >= 0.3 is 0 Å². The van der Waals surface area contributed by atoms with Crippen molar-refractivity contribution in [3.05, 3.63) is 69.7 Å². The van der Waals surface area contributed by atoms with Gasteiger partial charge in [-0.25, -0.2) is 0 Å². The Morgan fingerprint density at radius 2 is 1.76 bits per heavy atom. The Kier molecular flexibility index (Phi) is 7.29. The summed E-state index contributed by atoms with van der Waals surface area (Å²) in [5.74, 6) is -0.455. The molecule has 6 heteroatoms. The van der Waals surface area contributed by atoms with Crippen molar-refractivity contribution in [1.82, 2.24) is 15.5 Å². The summed E-state index contributed by atoms with van der Waals surface area (Å²) >= 11 is 6.41. The zero-order valence-corrected chi connectivity index (χ0v) is 17.8. The number of rotatable bonds is 7. The van der Waals surface area contributed by atoms with Gasteiger partial charge in [0.2, 0.25) is 5.91 Å². The second-order valence-electron chi connectivity index (χ2n) is 7.57. The Labute approximate surface area is 177 Å². The Balaban J connectivity index is 1.56. The topological polar surface area (TPSA) is 61.4 Å². The van der Waals surface area contributed by atoms with E-state index in [0.29, 0.717) is 17.1 Å². The Bertz CT molecular complexity index is 878. The van der Waals surface area contributed by atoms with Crippen molar-refractivity contribution in [3.63, 3.8) is 0 Å². The highest BCUT2D eigenvalue weighted by atomic mass is 35.5. The van der Waals surface area contributed by atoms with E-state index in [9.17, 15) is 9.59 Å². The van der Waals surface area contributed by atoms with E-state index >= 15 is 0 Å². The van der Waals surface area contributed by atoms with E-state index in [4.69, 9.17) is 11.6 Å². The van der Waals surface area contributed by atoms with E-state index in [1.165, 1.54) is 0 Å². The molecule has 1 atom stereocenters. The highest BCUT2D eigenvalue weighted by Gasteiger charge is 2.25. The van der Waals surface area contributed by atoms with Crippen molar-refractivity contribution >= 4 is 23.4 Å². The van der Waals surface area contributed by atoms with Crippen molar-refractivity contribution in [2.45, 2.75) is 32.7 Å². The molecule has 2 aromatic carbocycles. The number of benzene rings is 2. The predicted molar refractivity (Wildman–Crippen MR) is 116 cm³/mol. The van der Waals surface area contributed by atoms with Crippen LogP contribution in [0.25, 0.3) is 0 Å². The summed E-state index contributed by atoms with van der Waals surface area (Å²) in [6.45, 7) is 6.36. The van der Waals surface area contributed by atoms with Crippen molar-refractivity contribution in [2.24, 2.45) is 0 Å². The molecule has 2 aromatic rings. The Hall–Kier alpha value is -2.37. The summed E-state index contributed by atoms with van der Waals surface area (Å²) in [5, 5.41) is 6.37. The number of halogens is 1. The molecule has 0 aromatic heterocycles. The van der Waals surface area contributed by atoms with Crippen LogP contribution >= 0.6 is 11.6 Å². The summed E-state index contributed by atoms with van der Waals surface area (Å²) in [4.78, 5) is 27.0. The number of carbonyl (C=O) groups excluding carboxylic acids is 2. The fourth-order valence-electron chi connectivity index (χ4n) is 3.65. The number of hydrogen-bond donors (Lipinski definition) is 2. The number of nitrogens with one attached hydrogen (secondary N) is 2. The van der Waals surface area contributed by atoms with Crippen LogP contribution in [0.15, 0.2) is 42.5 Å². The molecule has 1 fully saturated rings. The molecule has 0 radical (unpaired) electrons. The number of amides is 2. The van der Waals surface area contributed by atoms with Gasteiger partial charge in [-0.2, -0.15) is 0 Å². The molecule has 0 aliphatic carbocycles. The molecular formula is C23H28ClN3O2. The fourth-order valence-corrected chi connectivity index (χ4v) is 3.91. The first-order valence-corrected chi connectivity index (χ1v) is 10.4. The van der Waals surface area contributed by atoms with Crippen LogP contribution in [0.5, 0.6) is 0 Å². The summed E-state index contributed by atoms with van der Waals surface area (Å²) in [7, 11) is 0. The van der Waals surface area contributed by atoms with Crippen molar-refractivity contribution < 1.29 is 9.59 Å². The molecule has 2 amide bonds. The average Bonchev–Trinajstić information content (AvgIpc) is 3.24. The number of likely N-dealkylation sites (tertiary alicyclic amines) is 1. The average molecular weight is 414 g/mol. The number of aryl methyl sites for hydroxylation is 2. The lowest BCUT2D eigenvalue weighted by molar-refractivity contribution is -0.120. The molecule has 1 heterocycles. The first kappa shape index (κ1) is 21.3. The van der Waals surface area contributed by atoms with Gasteiger partial charge in [-0.05, 0) is 74.7 Å². The third-order valence-electron chi connectivity index (χ3n) is 5.52. The third kappa shape index (κ3) is 5.58. The highest BCUT2D eigenvalue weighted by molar-refractivity contribution is 6.31. The van der Waals surface area contributed by atoms with Gasteiger partial charge in [-0.1, -0.05) is 35.9 Å². The Morgan fingerprint density at radius 3 is 2.45 bits per heavy atom. The van der Waals surface area contributed by atoms with Crippen molar-refractivity contribution in [3.8, 4) is 0 Å². The normalized spacial score (nSPS) is 15.1. The van der Waals surface area contributed by atoms with Crippen LogP contribution in [0.3, 0.4) is 0 Å². The first-order chi connectivity index (χ1) is 14.0. The molecule has 1 aliphatic rings. The van der Waals surface area contributed by atoms with Crippen LogP contribution in [0.4, 0.5) is 0 Å². The molecule has 154 valence electrons. The van der Waals surface area contributed by atoms with Gasteiger partial charge in [0.25, 0.3) is 5.91 Å². The zero-order valence-electron chi connectivity index (χ0n) is 17.0. The van der Waals surface area contributed by atoms with E-state index in [2.05, 4.69) is 15.5 Å². The number of nitrogens with zero attached hydrogens (tertiary/aromatic N) is 1. The molecule has 1 saturated heterocycles. The van der Waals surface area contributed by atoms with E-state index in [1.54, 1.807) is 6.07 Å². The molecule has 1 aliphatic heterocycles. The van der Waals surface area contributed by atoms with Gasteiger partial charge in [0.15, 0.2) is 0 Å². The monoisotopic (exact) mass is 413 g/mol. The van der Waals surface area contributed by atoms with Crippen molar-refractivity contribution in [2.75, 3.05) is 26.2 Å². The lowest BCUT2D eigenvalue weighted by Crippen LogP contribution is -2.41. The SMILES string of the molecule is Cc1ccc(C(=O)NCC(=O)NCC(c2ccccc2Cl)N2CCCC2)cc1C. The number of hydrogen-bond acceptors (Lipinski definition) is 3. The molecule has 2 N–H and O–H groups in total. The minimum atomic E-state index is -0.245. The lowest BCUT2D eigenvalue weighted by Gasteiger charge is -2.29. The quantitative estimate of drug-likeness (QED) is 0.728. The summed E-state index contributed by atoms with van der Waals surface area (Å²) < 4.78 is 0. The van der Waals surface area contributed by atoms with Crippen LogP contribution in [0, 0.1) is 13.8 Å². The maximum atomic E-state index is 12.4. The summed E-state index contributed by atoms with van der Waals surface area (Å²) in [5.41, 5.74) is 3.77. The van der Waals surface area contributed by atoms with Gasteiger partial charge in [-0.3, -0.25) is 14.5 Å². The molecule has 0 bridgehead atoms. The van der Waals surface area contributed by atoms with Crippen LogP contribution in [-0.2, 0) is 4.79 Å². The van der Waals surface area contributed by atoms with Gasteiger partial charge in [-0.15, -0.1) is 0 Å². The smallest absolute Gasteiger partial charge is 0.251 e. The molecule has 3 rings (SSSR count). The van der Waals surface area contributed by atoms with Crippen LogP contribution in [0.1, 0.15) is 45.9 Å². The van der Waals surface area contributed by atoms with Crippen LogP contribution in [-0.4, -0.2) is 42.9 Å². The van der Waals surface area contributed by atoms with Crippen LogP contribution < -0.4 is 10.6 Å². The maximum absolute atomic E-state index is 12.4. The molecule has 5 nitrogen and oxygen atoms in total. The van der Waals surface area contributed by atoms with E-state index in [-0.39, 0.29) is 24.4 Å². The van der Waals surface area contributed by atoms with Gasteiger partial charge in [0, 0.05) is 17.1 Å². The third-order valence-corrected chi connectivity index (χ3v) is 5.86. The minimum Gasteiger partial charge on any atom is -0.353 e. The molecule has 0 saturated carbocycles. The fraction of sp³-hybridized carbons (Fsp3) is 0.391. The van der Waals surface area contributed by atoms with Gasteiger partial charge in [0.1, 0.15) is 0 Å². The van der Waals surface area contributed by atoms with Gasteiger partial charge in [0.05, 0.1) is 12.6 Å². The van der Waals surface area contributed by atoms with Gasteiger partial charge < -0.3 is 10.6 Å². The van der Waals surface area contributed by atoms with E-state index in [0.717, 1.165) is 42.6 Å². The van der Waals surface area contributed by atoms with Crippen molar-refractivity contribution in [1.29, 1.82) is 0 Å². The lowest BCUT2D eigenvalue weighted by atomic mass is 10.1. The van der Waals surface area contributed by atoms with E-state index in [1.807, 2.05) is 50.2 Å². The molecule has 29 heavy (non-hydrogen) atoms. The standard InChI is InChI=1S/C23H28ClN3O2/c1-16-9-10-18(13-17(16)2)23(29)26-15-22(28)25-14-21(27-11-5-6-12-27)19-7-3-4-8-20(19)24/h3-4,7-10,13,21H,5-6,11-12,14-15H2,1-2H3,(H,25,28)(H,26,29). The van der Waals surface area contributed by atoms with E-state index < -0.39 is 0 Å². The minimum absolute atomic E-state index is 0.0330. The summed E-state index contributed by atoms with van der Waals surface area (Å²) in [6.07, 6.45) is 2.31. The second kappa shape index (κ2) is 9.90. The first-order valence-electron chi connectivity index (χ1n) is 10.1. The zero-order chi connectivity index (χ0) is 20.8. The predicted octanol–water partition coefficient (Wildman–Crippen LogP) is 3.64. The largest absolute Gasteiger partial charge is 0.353 e. The number of carbonyl (C=O) groups is 2. The second-order valence-corrected chi connectivity index (χ2v) is 7.97. The highest BCUT2D eigenvalue weighted by Crippen LogP contribution is 2.29.